The van der Waals surface area contributed by atoms with Gasteiger partial charge >= 0.3 is 0 Å². The van der Waals surface area contributed by atoms with Crippen molar-refractivity contribution in [2.24, 2.45) is 0 Å². The van der Waals surface area contributed by atoms with Crippen LogP contribution in [0.25, 0.3) is 98.6 Å². The van der Waals surface area contributed by atoms with Crippen molar-refractivity contribution in [2.75, 3.05) is 0 Å². The second kappa shape index (κ2) is 9.69. The summed E-state index contributed by atoms with van der Waals surface area (Å²) in [5.74, 6) is 0. The second-order valence-corrected chi connectivity index (χ2v) is 12.0. The first-order valence-corrected chi connectivity index (χ1v) is 15.7. The Morgan fingerprint density at radius 3 is 1.76 bits per heavy atom. The lowest BCUT2D eigenvalue weighted by Gasteiger charge is -2.18. The first kappa shape index (κ1) is 25.2. The van der Waals surface area contributed by atoms with E-state index in [0.717, 1.165) is 49.6 Å². The van der Waals surface area contributed by atoms with Gasteiger partial charge in [0.05, 0.1) is 6.26 Å². The number of hydrogen-bond donors (Lipinski definition) is 0. The summed E-state index contributed by atoms with van der Waals surface area (Å²) in [5.41, 5.74) is 9.63. The third kappa shape index (κ3) is 3.65. The van der Waals surface area contributed by atoms with Crippen LogP contribution in [-0.4, -0.2) is 0 Å². The van der Waals surface area contributed by atoms with E-state index in [2.05, 4.69) is 146 Å². The van der Waals surface area contributed by atoms with Crippen LogP contribution in [0.5, 0.6) is 0 Å². The molecule has 8 aromatic carbocycles. The zero-order valence-corrected chi connectivity index (χ0v) is 24.8. The molecular weight excluding hydrogens is 560 g/mol. The number of fused-ring (bicyclic) bond motifs is 7. The maximum Gasteiger partial charge on any atom is 0.136 e. The smallest absolute Gasteiger partial charge is 0.136 e. The molecule has 0 radical (unpaired) electrons. The van der Waals surface area contributed by atoms with Crippen LogP contribution in [0.2, 0.25) is 0 Å². The Morgan fingerprint density at radius 2 is 1.00 bits per heavy atom. The molecule has 0 aliphatic heterocycles. The summed E-state index contributed by atoms with van der Waals surface area (Å²) in [6, 6.07) is 54.1. The molecule has 10 rings (SSSR count). The number of rotatable bonds is 3. The molecule has 0 fully saturated rings. The van der Waals surface area contributed by atoms with Gasteiger partial charge in [-0.2, -0.15) is 0 Å². The molecule has 0 aliphatic rings. The van der Waals surface area contributed by atoms with E-state index in [1.54, 1.807) is 0 Å². The summed E-state index contributed by atoms with van der Waals surface area (Å²) in [7, 11) is 0. The highest BCUT2D eigenvalue weighted by Crippen LogP contribution is 2.48. The lowest BCUT2D eigenvalue weighted by atomic mass is 9.84. The van der Waals surface area contributed by atoms with E-state index in [-0.39, 0.29) is 0 Å². The van der Waals surface area contributed by atoms with Gasteiger partial charge in [0.25, 0.3) is 0 Å². The van der Waals surface area contributed by atoms with Gasteiger partial charge in [-0.15, -0.1) is 0 Å². The van der Waals surface area contributed by atoms with Crippen LogP contribution in [0.1, 0.15) is 0 Å². The maximum atomic E-state index is 6.60. The molecule has 0 bridgehead atoms. The molecular formula is C44H26O2. The van der Waals surface area contributed by atoms with E-state index in [0.29, 0.717) is 0 Å². The van der Waals surface area contributed by atoms with Crippen molar-refractivity contribution in [1.29, 1.82) is 0 Å². The van der Waals surface area contributed by atoms with E-state index in [1.165, 1.54) is 49.0 Å². The van der Waals surface area contributed by atoms with E-state index in [4.69, 9.17) is 8.83 Å². The van der Waals surface area contributed by atoms with Gasteiger partial charge in [0.1, 0.15) is 16.7 Å². The van der Waals surface area contributed by atoms with E-state index >= 15 is 0 Å². The molecule has 214 valence electrons. The van der Waals surface area contributed by atoms with Crippen molar-refractivity contribution in [3.8, 4) is 33.4 Å². The molecule has 0 amide bonds. The molecule has 0 unspecified atom stereocenters. The average molecular weight is 587 g/mol. The van der Waals surface area contributed by atoms with Gasteiger partial charge < -0.3 is 8.83 Å². The summed E-state index contributed by atoms with van der Waals surface area (Å²) in [6.07, 6.45) is 1.86. The van der Waals surface area contributed by atoms with Crippen LogP contribution < -0.4 is 0 Å². The van der Waals surface area contributed by atoms with Crippen LogP contribution >= 0.6 is 0 Å². The minimum atomic E-state index is 0.852. The third-order valence-corrected chi connectivity index (χ3v) is 9.51. The van der Waals surface area contributed by atoms with Gasteiger partial charge in [0.15, 0.2) is 0 Å². The molecule has 0 saturated carbocycles. The van der Waals surface area contributed by atoms with Crippen molar-refractivity contribution >= 4 is 65.2 Å². The third-order valence-electron chi connectivity index (χ3n) is 9.51. The molecule has 0 saturated heterocycles. The monoisotopic (exact) mass is 586 g/mol. The summed E-state index contributed by atoms with van der Waals surface area (Å²) in [5, 5.41) is 10.6. The Balaban J connectivity index is 1.28. The zero-order valence-electron chi connectivity index (χ0n) is 24.8. The zero-order chi connectivity index (χ0) is 30.2. The van der Waals surface area contributed by atoms with E-state index in [1.807, 2.05) is 12.3 Å². The Labute approximate surface area is 264 Å². The molecule has 2 nitrogen and oxygen atoms in total. The topological polar surface area (TPSA) is 26.3 Å². The first-order valence-electron chi connectivity index (χ1n) is 15.7. The Morgan fingerprint density at radius 1 is 0.348 bits per heavy atom. The van der Waals surface area contributed by atoms with Crippen LogP contribution in [0, 0.1) is 0 Å². The van der Waals surface area contributed by atoms with Gasteiger partial charge in [-0.1, -0.05) is 127 Å². The number of hydrogen-bond acceptors (Lipinski definition) is 2. The molecule has 0 spiro atoms. The average Bonchev–Trinajstić information content (AvgIpc) is 3.70. The van der Waals surface area contributed by atoms with Crippen molar-refractivity contribution in [1.82, 2.24) is 0 Å². The van der Waals surface area contributed by atoms with Crippen molar-refractivity contribution in [2.45, 2.75) is 0 Å². The minimum absolute atomic E-state index is 0.852. The maximum absolute atomic E-state index is 6.60. The number of benzene rings is 8. The SMILES string of the molecule is c1ccc(-c2coc3cc4c(cc23)oc2cccc(-c3c5ccccc5c(-c5ccc6ccccc6c5)c5ccccc35)c24)cc1. The summed E-state index contributed by atoms with van der Waals surface area (Å²) in [6.45, 7) is 0. The van der Waals surface area contributed by atoms with E-state index < -0.39 is 0 Å². The molecule has 2 heteroatoms. The van der Waals surface area contributed by atoms with Crippen LogP contribution in [0.3, 0.4) is 0 Å². The van der Waals surface area contributed by atoms with Gasteiger partial charge in [-0.05, 0) is 84.4 Å². The fourth-order valence-electron chi connectivity index (χ4n) is 7.47. The predicted octanol–water partition coefficient (Wildman–Crippen LogP) is 12.8. The predicted molar refractivity (Wildman–Crippen MR) is 192 cm³/mol. The number of furan rings is 2. The minimum Gasteiger partial charge on any atom is -0.464 e. The fraction of sp³-hybridized carbons (Fsp3) is 0. The summed E-state index contributed by atoms with van der Waals surface area (Å²) in [4.78, 5) is 0. The Kier molecular flexibility index (Phi) is 5.31. The van der Waals surface area contributed by atoms with Crippen molar-refractivity contribution in [3.05, 3.63) is 158 Å². The molecule has 10 aromatic rings. The quantitative estimate of drug-likeness (QED) is 0.193. The Hall–Kier alpha value is -6.12. The normalized spacial score (nSPS) is 11.9. The first-order chi connectivity index (χ1) is 22.8. The highest BCUT2D eigenvalue weighted by molar-refractivity contribution is 6.26. The fourth-order valence-corrected chi connectivity index (χ4v) is 7.47. The molecule has 0 N–H and O–H groups in total. The molecule has 46 heavy (non-hydrogen) atoms. The largest absolute Gasteiger partial charge is 0.464 e. The lowest BCUT2D eigenvalue weighted by Crippen LogP contribution is -1.91. The highest BCUT2D eigenvalue weighted by atomic mass is 16.3. The second-order valence-electron chi connectivity index (χ2n) is 12.0. The van der Waals surface area contributed by atoms with Crippen LogP contribution in [-0.2, 0) is 0 Å². The Bertz CT molecular complexity index is 2740. The highest BCUT2D eigenvalue weighted by Gasteiger charge is 2.21. The van der Waals surface area contributed by atoms with Crippen molar-refractivity contribution < 1.29 is 8.83 Å². The van der Waals surface area contributed by atoms with Gasteiger partial charge in [0.2, 0.25) is 0 Å². The van der Waals surface area contributed by atoms with Crippen LogP contribution in [0.4, 0.5) is 0 Å². The molecule has 0 aliphatic carbocycles. The van der Waals surface area contributed by atoms with Crippen LogP contribution in [0.15, 0.2) is 167 Å². The summed E-state index contributed by atoms with van der Waals surface area (Å²) >= 11 is 0. The van der Waals surface area contributed by atoms with Gasteiger partial charge in [0, 0.05) is 21.7 Å². The van der Waals surface area contributed by atoms with Gasteiger partial charge in [-0.25, -0.2) is 0 Å². The molecule has 0 atom stereocenters. The standard InChI is InChI=1S/C44H26O2/c1-2-12-28(13-3-1)38-26-45-40-25-37-41(24-36(38)40)46-39-20-10-19-35(44(37)39)43-33-17-8-6-15-31(33)42(32-16-7-9-18-34(32)43)30-22-21-27-11-4-5-14-29(27)23-30/h1-26H. The lowest BCUT2D eigenvalue weighted by molar-refractivity contribution is 0.617. The molecule has 2 heterocycles. The molecule has 2 aromatic heterocycles. The van der Waals surface area contributed by atoms with Crippen molar-refractivity contribution in [3.63, 3.8) is 0 Å². The summed E-state index contributed by atoms with van der Waals surface area (Å²) < 4.78 is 12.8. The van der Waals surface area contributed by atoms with Gasteiger partial charge in [-0.3, -0.25) is 0 Å². The van der Waals surface area contributed by atoms with E-state index in [9.17, 15) is 0 Å².